The monoisotopic (exact) mass is 292 g/mol. The molecule has 20 heavy (non-hydrogen) atoms. The Kier molecular flexibility index (Phi) is 5.48. The van der Waals surface area contributed by atoms with Crippen molar-refractivity contribution < 1.29 is 4.74 Å². The van der Waals surface area contributed by atoms with E-state index in [0.29, 0.717) is 23.7 Å². The maximum Gasteiger partial charge on any atom is 0.322 e. The van der Waals surface area contributed by atoms with E-state index in [9.17, 15) is 0 Å². The molecule has 0 amide bonds. The molecule has 2 aromatic heterocycles. The molecule has 0 aromatic carbocycles. The fourth-order valence-corrected chi connectivity index (χ4v) is 1.98. The van der Waals surface area contributed by atoms with E-state index in [-0.39, 0.29) is 0 Å². The first-order chi connectivity index (χ1) is 9.81. The lowest BCUT2D eigenvalue weighted by molar-refractivity contribution is 0.288. The van der Waals surface area contributed by atoms with Crippen LogP contribution in [0.5, 0.6) is 6.01 Å². The van der Waals surface area contributed by atoms with Crippen LogP contribution in [0, 0.1) is 0 Å². The highest BCUT2D eigenvalue weighted by atomic mass is 32.2. The van der Waals surface area contributed by atoms with E-state index in [1.165, 1.54) is 11.8 Å². The summed E-state index contributed by atoms with van der Waals surface area (Å²) >= 11 is 1.32. The first kappa shape index (κ1) is 14.4. The minimum Gasteiger partial charge on any atom is -0.463 e. The van der Waals surface area contributed by atoms with E-state index in [1.807, 2.05) is 13.8 Å². The summed E-state index contributed by atoms with van der Waals surface area (Å²) in [6.45, 7) is 5.31. The third kappa shape index (κ3) is 4.30. The number of nitrogens with zero attached hydrogens (tertiary/aromatic N) is 5. The first-order valence-electron chi connectivity index (χ1n) is 6.38. The van der Waals surface area contributed by atoms with Crippen LogP contribution < -0.4 is 10.1 Å². The molecule has 0 unspecified atom stereocenters. The zero-order valence-electron chi connectivity index (χ0n) is 11.4. The topological polar surface area (TPSA) is 85.7 Å². The minimum atomic E-state index is 0.323. The Bertz CT molecular complexity index is 539. The van der Waals surface area contributed by atoms with Crippen molar-refractivity contribution >= 4 is 17.7 Å². The molecule has 0 radical (unpaired) electrons. The Balaban J connectivity index is 2.19. The number of aromatic nitrogens is 5. The van der Waals surface area contributed by atoms with Crippen LogP contribution in [-0.2, 0) is 0 Å². The van der Waals surface area contributed by atoms with Crippen molar-refractivity contribution in [1.82, 2.24) is 24.9 Å². The molecule has 0 spiro atoms. The Morgan fingerprint density at radius 3 is 2.80 bits per heavy atom. The molecule has 8 heteroatoms. The molecule has 0 atom stereocenters. The van der Waals surface area contributed by atoms with Crippen molar-refractivity contribution in [3.8, 4) is 6.01 Å². The van der Waals surface area contributed by atoms with Gasteiger partial charge in [-0.1, -0.05) is 6.92 Å². The molecule has 1 N–H and O–H groups in total. The summed E-state index contributed by atoms with van der Waals surface area (Å²) in [4.78, 5) is 21.0. The SMILES string of the molecule is CCCOc1nc(NCC)nc(Sc2cnccn2)n1. The Hall–Kier alpha value is -1.96. The van der Waals surface area contributed by atoms with E-state index in [2.05, 4.69) is 30.2 Å². The van der Waals surface area contributed by atoms with E-state index >= 15 is 0 Å². The number of nitrogens with one attached hydrogen (secondary N) is 1. The van der Waals surface area contributed by atoms with Gasteiger partial charge in [-0.25, -0.2) is 4.98 Å². The van der Waals surface area contributed by atoms with Crippen molar-refractivity contribution in [2.24, 2.45) is 0 Å². The van der Waals surface area contributed by atoms with Gasteiger partial charge in [0.2, 0.25) is 11.1 Å². The molecular formula is C12H16N6OS. The van der Waals surface area contributed by atoms with Gasteiger partial charge in [0.1, 0.15) is 5.03 Å². The molecule has 2 heterocycles. The van der Waals surface area contributed by atoms with Crippen molar-refractivity contribution in [3.63, 3.8) is 0 Å². The third-order valence-electron chi connectivity index (χ3n) is 2.10. The maximum absolute atomic E-state index is 5.47. The second-order valence-electron chi connectivity index (χ2n) is 3.75. The van der Waals surface area contributed by atoms with Gasteiger partial charge in [0.25, 0.3) is 0 Å². The first-order valence-corrected chi connectivity index (χ1v) is 7.20. The predicted molar refractivity (Wildman–Crippen MR) is 75.9 cm³/mol. The van der Waals surface area contributed by atoms with Crippen LogP contribution in [0.15, 0.2) is 28.8 Å². The number of hydrogen-bond acceptors (Lipinski definition) is 8. The molecule has 2 rings (SSSR count). The van der Waals surface area contributed by atoms with E-state index < -0.39 is 0 Å². The molecule has 0 aliphatic rings. The quantitative estimate of drug-likeness (QED) is 0.829. The van der Waals surface area contributed by atoms with E-state index in [1.54, 1.807) is 18.6 Å². The fraction of sp³-hybridized carbons (Fsp3) is 0.417. The van der Waals surface area contributed by atoms with Crippen LogP contribution in [0.25, 0.3) is 0 Å². The minimum absolute atomic E-state index is 0.323. The summed E-state index contributed by atoms with van der Waals surface area (Å²) in [6, 6.07) is 0.323. The fourth-order valence-electron chi connectivity index (χ4n) is 1.31. The molecule has 0 saturated heterocycles. The lowest BCUT2D eigenvalue weighted by atomic mass is 10.5. The van der Waals surface area contributed by atoms with Crippen molar-refractivity contribution in [3.05, 3.63) is 18.6 Å². The van der Waals surface area contributed by atoms with Crippen molar-refractivity contribution in [1.29, 1.82) is 0 Å². The highest BCUT2D eigenvalue weighted by Gasteiger charge is 2.09. The molecule has 0 fully saturated rings. The molecule has 0 bridgehead atoms. The number of rotatable bonds is 7. The van der Waals surface area contributed by atoms with Crippen LogP contribution in [0.1, 0.15) is 20.3 Å². The molecule has 2 aromatic rings. The summed E-state index contributed by atoms with van der Waals surface area (Å²) in [7, 11) is 0. The van der Waals surface area contributed by atoms with E-state index in [4.69, 9.17) is 4.74 Å². The number of hydrogen-bond donors (Lipinski definition) is 1. The van der Waals surface area contributed by atoms with E-state index in [0.717, 1.165) is 18.0 Å². The summed E-state index contributed by atoms with van der Waals surface area (Å²) in [6.07, 6.45) is 5.81. The Labute approximate surface area is 121 Å². The van der Waals surface area contributed by atoms with Gasteiger partial charge >= 0.3 is 6.01 Å². The summed E-state index contributed by atoms with van der Waals surface area (Å²) < 4.78 is 5.47. The molecule has 7 nitrogen and oxygen atoms in total. The standard InChI is InChI=1S/C12H16N6OS/c1-3-7-19-11-16-10(14-4-2)17-12(18-11)20-9-8-13-5-6-15-9/h5-6,8H,3-4,7H2,1-2H3,(H,14,16,17,18). The van der Waals surface area contributed by atoms with Crippen LogP contribution in [0.3, 0.4) is 0 Å². The van der Waals surface area contributed by atoms with Crippen molar-refractivity contribution in [2.45, 2.75) is 30.5 Å². The number of anilines is 1. The Morgan fingerprint density at radius 2 is 2.10 bits per heavy atom. The highest BCUT2D eigenvalue weighted by molar-refractivity contribution is 7.99. The summed E-state index contributed by atoms with van der Waals surface area (Å²) in [5, 5.41) is 4.31. The molecule has 106 valence electrons. The average Bonchev–Trinajstić information content (AvgIpc) is 2.46. The van der Waals surface area contributed by atoms with Crippen LogP contribution in [-0.4, -0.2) is 38.1 Å². The van der Waals surface area contributed by atoms with Gasteiger partial charge < -0.3 is 10.1 Å². The zero-order chi connectivity index (χ0) is 14.2. The van der Waals surface area contributed by atoms with Gasteiger partial charge in [-0.3, -0.25) is 4.98 Å². The van der Waals surface area contributed by atoms with Gasteiger partial charge in [0, 0.05) is 18.9 Å². The predicted octanol–water partition coefficient (Wildman–Crippen LogP) is 2.03. The summed E-state index contributed by atoms with van der Waals surface area (Å²) in [5.41, 5.74) is 0. The van der Waals surface area contributed by atoms with Gasteiger partial charge in [-0.15, -0.1) is 0 Å². The van der Waals surface area contributed by atoms with Crippen LogP contribution >= 0.6 is 11.8 Å². The normalized spacial score (nSPS) is 10.3. The molecule has 0 aliphatic carbocycles. The lowest BCUT2D eigenvalue weighted by Gasteiger charge is -2.07. The van der Waals surface area contributed by atoms with Gasteiger partial charge in [0.15, 0.2) is 0 Å². The molecule has 0 saturated carbocycles. The van der Waals surface area contributed by atoms with Crippen molar-refractivity contribution in [2.75, 3.05) is 18.5 Å². The second kappa shape index (κ2) is 7.59. The second-order valence-corrected chi connectivity index (χ2v) is 4.74. The van der Waals surface area contributed by atoms with Gasteiger partial charge in [-0.2, -0.15) is 15.0 Å². The summed E-state index contributed by atoms with van der Waals surface area (Å²) in [5.74, 6) is 0.500. The molecular weight excluding hydrogens is 276 g/mol. The lowest BCUT2D eigenvalue weighted by Crippen LogP contribution is -2.08. The third-order valence-corrected chi connectivity index (χ3v) is 2.88. The molecule has 0 aliphatic heterocycles. The zero-order valence-corrected chi connectivity index (χ0v) is 12.2. The largest absolute Gasteiger partial charge is 0.463 e. The Morgan fingerprint density at radius 1 is 1.20 bits per heavy atom. The van der Waals surface area contributed by atoms with Gasteiger partial charge in [0.05, 0.1) is 12.8 Å². The maximum atomic E-state index is 5.47. The number of ether oxygens (including phenoxy) is 1. The smallest absolute Gasteiger partial charge is 0.322 e. The van der Waals surface area contributed by atoms with Crippen LogP contribution in [0.2, 0.25) is 0 Å². The van der Waals surface area contributed by atoms with Gasteiger partial charge in [-0.05, 0) is 25.1 Å². The highest BCUT2D eigenvalue weighted by Crippen LogP contribution is 2.23. The van der Waals surface area contributed by atoms with Crippen LogP contribution in [0.4, 0.5) is 5.95 Å². The average molecular weight is 292 g/mol.